The summed E-state index contributed by atoms with van der Waals surface area (Å²) in [6.45, 7) is 3.77. The van der Waals surface area contributed by atoms with Crippen LogP contribution in [-0.2, 0) is 0 Å². The Morgan fingerprint density at radius 1 is 1.43 bits per heavy atom. The van der Waals surface area contributed by atoms with E-state index in [-0.39, 0.29) is 5.75 Å². The fraction of sp³-hybridized carbons (Fsp3) is 0.300. The van der Waals surface area contributed by atoms with Gasteiger partial charge in [0.05, 0.1) is 0 Å². The molecule has 1 aliphatic rings. The molecule has 1 aromatic rings. The molecule has 0 spiro atoms. The maximum absolute atomic E-state index is 9.15. The van der Waals surface area contributed by atoms with Gasteiger partial charge in [0.25, 0.3) is 0 Å². The molecule has 2 N–H and O–H groups in total. The summed E-state index contributed by atoms with van der Waals surface area (Å²) in [5.74, 6) is 1.22. The lowest BCUT2D eigenvalue weighted by atomic mass is 10.2. The van der Waals surface area contributed by atoms with Crippen LogP contribution in [0.1, 0.15) is 12.5 Å². The number of nitrogens with one attached hydrogen (secondary N) is 1. The summed E-state index contributed by atoms with van der Waals surface area (Å²) in [5, 5.41) is 13.4. The van der Waals surface area contributed by atoms with E-state index in [0.29, 0.717) is 0 Å². The van der Waals surface area contributed by atoms with Gasteiger partial charge in [-0.1, -0.05) is 0 Å². The number of benzene rings is 1. The number of nitrogens with zero attached hydrogens (tertiary/aromatic N) is 2. The SMILES string of the molecule is CCN1CNN=C1c1ccc(O)cc1. The Kier molecular flexibility index (Phi) is 2.26. The molecule has 1 aliphatic heterocycles. The Balaban J connectivity index is 2.26. The van der Waals surface area contributed by atoms with Crippen molar-refractivity contribution in [2.24, 2.45) is 5.10 Å². The van der Waals surface area contributed by atoms with Gasteiger partial charge in [-0.15, -0.1) is 0 Å². The molecular formula is C10H13N3O. The van der Waals surface area contributed by atoms with Gasteiger partial charge >= 0.3 is 0 Å². The third-order valence-electron chi connectivity index (χ3n) is 2.25. The smallest absolute Gasteiger partial charge is 0.157 e. The van der Waals surface area contributed by atoms with Gasteiger partial charge in [0.2, 0.25) is 0 Å². The van der Waals surface area contributed by atoms with Gasteiger partial charge in [0.1, 0.15) is 12.4 Å². The third-order valence-corrected chi connectivity index (χ3v) is 2.25. The Bertz CT molecular complexity index is 345. The summed E-state index contributed by atoms with van der Waals surface area (Å²) in [6, 6.07) is 7.07. The van der Waals surface area contributed by atoms with Crippen LogP contribution < -0.4 is 5.43 Å². The fourth-order valence-corrected chi connectivity index (χ4v) is 1.46. The van der Waals surface area contributed by atoms with Crippen molar-refractivity contribution in [3.05, 3.63) is 29.8 Å². The summed E-state index contributed by atoms with van der Waals surface area (Å²) < 4.78 is 0. The largest absolute Gasteiger partial charge is 0.508 e. The molecule has 1 heterocycles. The molecule has 0 aliphatic carbocycles. The van der Waals surface area contributed by atoms with Gasteiger partial charge in [-0.2, -0.15) is 5.10 Å². The molecular weight excluding hydrogens is 178 g/mol. The van der Waals surface area contributed by atoms with E-state index < -0.39 is 0 Å². The highest BCUT2D eigenvalue weighted by atomic mass is 16.3. The van der Waals surface area contributed by atoms with Crippen LogP contribution in [0.25, 0.3) is 0 Å². The fourth-order valence-electron chi connectivity index (χ4n) is 1.46. The van der Waals surface area contributed by atoms with Crippen molar-refractivity contribution < 1.29 is 5.11 Å². The number of hydrazone groups is 1. The lowest BCUT2D eigenvalue weighted by molar-refractivity contribution is 0.447. The van der Waals surface area contributed by atoms with Crippen LogP contribution in [0.5, 0.6) is 5.75 Å². The van der Waals surface area contributed by atoms with Crippen LogP contribution in [0.3, 0.4) is 0 Å². The monoisotopic (exact) mass is 191 g/mol. The second-order valence-electron chi connectivity index (χ2n) is 3.15. The van der Waals surface area contributed by atoms with E-state index in [0.717, 1.165) is 24.6 Å². The number of amidine groups is 1. The minimum atomic E-state index is 0.281. The van der Waals surface area contributed by atoms with Crippen molar-refractivity contribution in [1.82, 2.24) is 10.3 Å². The molecule has 0 atom stereocenters. The van der Waals surface area contributed by atoms with E-state index in [1.54, 1.807) is 12.1 Å². The molecule has 4 nitrogen and oxygen atoms in total. The highest BCUT2D eigenvalue weighted by Crippen LogP contribution is 2.13. The number of phenols is 1. The maximum Gasteiger partial charge on any atom is 0.157 e. The molecule has 74 valence electrons. The molecule has 0 aromatic heterocycles. The molecule has 4 heteroatoms. The summed E-state index contributed by atoms with van der Waals surface area (Å²) in [5.41, 5.74) is 3.96. The molecule has 1 aromatic carbocycles. The normalized spacial score (nSPS) is 15.2. The topological polar surface area (TPSA) is 47.9 Å². The molecule has 2 rings (SSSR count). The van der Waals surface area contributed by atoms with E-state index in [1.807, 2.05) is 12.1 Å². The zero-order valence-electron chi connectivity index (χ0n) is 8.07. The first-order valence-electron chi connectivity index (χ1n) is 4.66. The molecule has 0 fully saturated rings. The van der Waals surface area contributed by atoms with Crippen LogP contribution in [0, 0.1) is 0 Å². The summed E-state index contributed by atoms with van der Waals surface area (Å²) in [6.07, 6.45) is 0. The average molecular weight is 191 g/mol. The van der Waals surface area contributed by atoms with Gasteiger partial charge in [-0.25, -0.2) is 0 Å². The van der Waals surface area contributed by atoms with Crippen molar-refractivity contribution >= 4 is 5.84 Å². The van der Waals surface area contributed by atoms with Gasteiger partial charge < -0.3 is 10.0 Å². The van der Waals surface area contributed by atoms with E-state index in [9.17, 15) is 0 Å². The van der Waals surface area contributed by atoms with Crippen LogP contribution in [0.4, 0.5) is 0 Å². The zero-order chi connectivity index (χ0) is 9.97. The van der Waals surface area contributed by atoms with Gasteiger partial charge in [0, 0.05) is 12.1 Å². The van der Waals surface area contributed by atoms with E-state index in [2.05, 4.69) is 22.4 Å². The first kappa shape index (κ1) is 8.87. The van der Waals surface area contributed by atoms with Crippen molar-refractivity contribution in [2.45, 2.75) is 6.92 Å². The van der Waals surface area contributed by atoms with Gasteiger partial charge in [-0.3, -0.25) is 5.43 Å². The second-order valence-corrected chi connectivity index (χ2v) is 3.15. The quantitative estimate of drug-likeness (QED) is 0.731. The molecule has 0 radical (unpaired) electrons. The number of hydrogen-bond acceptors (Lipinski definition) is 4. The molecule has 0 bridgehead atoms. The average Bonchev–Trinajstić information content (AvgIpc) is 2.67. The second kappa shape index (κ2) is 3.57. The first-order valence-corrected chi connectivity index (χ1v) is 4.66. The van der Waals surface area contributed by atoms with Gasteiger partial charge in [-0.05, 0) is 31.2 Å². The Hall–Kier alpha value is -1.71. The lowest BCUT2D eigenvalue weighted by Gasteiger charge is -2.16. The summed E-state index contributed by atoms with van der Waals surface area (Å²) in [4.78, 5) is 2.13. The molecule has 0 amide bonds. The van der Waals surface area contributed by atoms with Crippen LogP contribution in [0.15, 0.2) is 29.4 Å². The first-order chi connectivity index (χ1) is 6.81. The van der Waals surface area contributed by atoms with E-state index in [1.165, 1.54) is 0 Å². The van der Waals surface area contributed by atoms with Crippen LogP contribution in [-0.4, -0.2) is 29.1 Å². The van der Waals surface area contributed by atoms with Crippen molar-refractivity contribution in [3.8, 4) is 5.75 Å². The summed E-state index contributed by atoms with van der Waals surface area (Å²) >= 11 is 0. The zero-order valence-corrected chi connectivity index (χ0v) is 8.07. The third kappa shape index (κ3) is 1.51. The number of aromatic hydroxyl groups is 1. The predicted molar refractivity (Wildman–Crippen MR) is 55.0 cm³/mol. The number of phenolic OH excluding ortho intramolecular Hbond substituents is 1. The Labute approximate surface area is 82.9 Å². The van der Waals surface area contributed by atoms with Crippen LogP contribution >= 0.6 is 0 Å². The highest BCUT2D eigenvalue weighted by molar-refractivity contribution is 5.99. The predicted octanol–water partition coefficient (Wildman–Crippen LogP) is 0.936. The minimum absolute atomic E-state index is 0.281. The molecule has 0 saturated carbocycles. The standard InChI is InChI=1S/C10H13N3O/c1-2-13-7-11-12-10(13)8-3-5-9(14)6-4-8/h3-6,11,14H,2,7H2,1H3. The van der Waals surface area contributed by atoms with E-state index >= 15 is 0 Å². The van der Waals surface area contributed by atoms with Crippen LogP contribution in [0.2, 0.25) is 0 Å². The lowest BCUT2D eigenvalue weighted by Crippen LogP contribution is -2.29. The maximum atomic E-state index is 9.15. The molecule has 0 unspecified atom stereocenters. The molecule has 14 heavy (non-hydrogen) atoms. The number of hydrogen-bond donors (Lipinski definition) is 2. The van der Waals surface area contributed by atoms with Crippen molar-refractivity contribution in [1.29, 1.82) is 0 Å². The molecule has 0 saturated heterocycles. The van der Waals surface area contributed by atoms with E-state index in [4.69, 9.17) is 5.11 Å². The minimum Gasteiger partial charge on any atom is -0.508 e. The highest BCUT2D eigenvalue weighted by Gasteiger charge is 2.16. The Morgan fingerprint density at radius 2 is 2.14 bits per heavy atom. The van der Waals surface area contributed by atoms with Gasteiger partial charge in [0.15, 0.2) is 5.84 Å². The summed E-state index contributed by atoms with van der Waals surface area (Å²) in [7, 11) is 0. The number of rotatable bonds is 2. The van der Waals surface area contributed by atoms with Crippen molar-refractivity contribution in [2.75, 3.05) is 13.2 Å². The Morgan fingerprint density at radius 3 is 2.79 bits per heavy atom. The van der Waals surface area contributed by atoms with Crippen molar-refractivity contribution in [3.63, 3.8) is 0 Å².